The Balaban J connectivity index is 1.92. The number of rotatable bonds is 2. The lowest BCUT2D eigenvalue weighted by atomic mass is 10.1. The van der Waals surface area contributed by atoms with Gasteiger partial charge in [-0.25, -0.2) is 8.42 Å². The van der Waals surface area contributed by atoms with Gasteiger partial charge in [-0.3, -0.25) is 4.79 Å². The van der Waals surface area contributed by atoms with E-state index in [-0.39, 0.29) is 27.5 Å². The first-order chi connectivity index (χ1) is 11.4. The van der Waals surface area contributed by atoms with Crippen LogP contribution in [0.25, 0.3) is 0 Å². The summed E-state index contributed by atoms with van der Waals surface area (Å²) >= 11 is 0. The topological polar surface area (TPSA) is 89.9 Å². The van der Waals surface area contributed by atoms with E-state index in [2.05, 4.69) is 0 Å². The summed E-state index contributed by atoms with van der Waals surface area (Å²) in [5.41, 5.74) is 1.14. The minimum atomic E-state index is -3.99. The van der Waals surface area contributed by atoms with Crippen molar-refractivity contribution in [3.8, 4) is 11.5 Å². The van der Waals surface area contributed by atoms with Gasteiger partial charge >= 0.3 is 5.97 Å². The largest absolute Gasteiger partial charge is 0.507 e. The van der Waals surface area contributed by atoms with Crippen molar-refractivity contribution in [1.29, 1.82) is 0 Å². The van der Waals surface area contributed by atoms with E-state index in [0.29, 0.717) is 5.75 Å². The van der Waals surface area contributed by atoms with Gasteiger partial charge in [0.1, 0.15) is 16.4 Å². The molecule has 6 nitrogen and oxygen atoms in total. The number of phenolic OH excluding ortho intramolecular Hbond substituents is 1. The molecule has 7 heteroatoms. The van der Waals surface area contributed by atoms with Gasteiger partial charge in [-0.2, -0.15) is 0 Å². The molecule has 2 aliphatic rings. The van der Waals surface area contributed by atoms with E-state index >= 15 is 0 Å². The predicted octanol–water partition coefficient (Wildman–Crippen LogP) is 2.28. The van der Waals surface area contributed by atoms with E-state index in [9.17, 15) is 18.3 Å². The van der Waals surface area contributed by atoms with Crippen LogP contribution in [0.2, 0.25) is 0 Å². The maximum atomic E-state index is 13.0. The number of aryl methyl sites for hydroxylation is 1. The standard InChI is InChI=1S/C17H14O6S/c1-9-2-4-10(5-3-9)24(20,21)17-11(18)6-7-12-15(17)16-13(22-12)8-14(19)23-16/h2-7,13,16,18H,8H2,1H3/t13-,16+/m0/s1. The van der Waals surface area contributed by atoms with E-state index in [4.69, 9.17) is 9.47 Å². The second kappa shape index (κ2) is 4.98. The third-order valence-corrected chi connectivity index (χ3v) is 6.12. The molecule has 1 fully saturated rings. The zero-order valence-electron chi connectivity index (χ0n) is 12.7. The molecule has 2 aromatic rings. The molecule has 0 saturated carbocycles. The van der Waals surface area contributed by atoms with Gasteiger partial charge in [-0.1, -0.05) is 17.7 Å². The van der Waals surface area contributed by atoms with Crippen LogP contribution in [0.5, 0.6) is 11.5 Å². The molecule has 124 valence electrons. The highest BCUT2D eigenvalue weighted by Crippen LogP contribution is 2.50. The van der Waals surface area contributed by atoms with Crippen LogP contribution in [0.3, 0.4) is 0 Å². The number of carbonyl (C=O) groups excluding carboxylic acids is 1. The Hall–Kier alpha value is -2.54. The zero-order chi connectivity index (χ0) is 17.1. The lowest BCUT2D eigenvalue weighted by Crippen LogP contribution is -2.13. The summed E-state index contributed by atoms with van der Waals surface area (Å²) in [7, 11) is -3.99. The van der Waals surface area contributed by atoms with E-state index in [1.165, 1.54) is 24.3 Å². The lowest BCUT2D eigenvalue weighted by molar-refractivity contribution is -0.141. The summed E-state index contributed by atoms with van der Waals surface area (Å²) in [6.45, 7) is 1.85. The molecular weight excluding hydrogens is 332 g/mol. The van der Waals surface area contributed by atoms with Crippen LogP contribution in [-0.2, 0) is 19.4 Å². The van der Waals surface area contributed by atoms with Gasteiger partial charge in [0.25, 0.3) is 0 Å². The van der Waals surface area contributed by atoms with E-state index in [1.54, 1.807) is 12.1 Å². The van der Waals surface area contributed by atoms with Crippen molar-refractivity contribution in [1.82, 2.24) is 0 Å². The van der Waals surface area contributed by atoms with E-state index < -0.39 is 28.0 Å². The number of phenols is 1. The molecular formula is C17H14O6S. The second-order valence-electron chi connectivity index (χ2n) is 5.91. The fourth-order valence-electron chi connectivity index (χ4n) is 3.11. The maximum Gasteiger partial charge on any atom is 0.310 e. The molecule has 1 saturated heterocycles. The van der Waals surface area contributed by atoms with Crippen LogP contribution in [0.1, 0.15) is 23.7 Å². The van der Waals surface area contributed by atoms with Crippen molar-refractivity contribution in [2.75, 3.05) is 0 Å². The second-order valence-corrected chi connectivity index (χ2v) is 7.80. The molecule has 24 heavy (non-hydrogen) atoms. The Morgan fingerprint density at radius 3 is 2.50 bits per heavy atom. The van der Waals surface area contributed by atoms with Gasteiger partial charge < -0.3 is 14.6 Å². The Labute approximate surface area is 138 Å². The van der Waals surface area contributed by atoms with Gasteiger partial charge in [-0.15, -0.1) is 0 Å². The van der Waals surface area contributed by atoms with Crippen molar-refractivity contribution in [3.63, 3.8) is 0 Å². The van der Waals surface area contributed by atoms with Crippen LogP contribution >= 0.6 is 0 Å². The van der Waals surface area contributed by atoms with Crippen LogP contribution in [-0.4, -0.2) is 25.6 Å². The Morgan fingerprint density at radius 2 is 1.79 bits per heavy atom. The van der Waals surface area contributed by atoms with E-state index in [0.717, 1.165) is 5.56 Å². The van der Waals surface area contributed by atoms with Crippen molar-refractivity contribution >= 4 is 15.8 Å². The smallest absolute Gasteiger partial charge is 0.310 e. The summed E-state index contributed by atoms with van der Waals surface area (Å²) < 4.78 is 36.9. The van der Waals surface area contributed by atoms with Gasteiger partial charge in [0.2, 0.25) is 9.84 Å². The number of sulfone groups is 1. The molecule has 2 aliphatic heterocycles. The molecule has 1 N–H and O–H groups in total. The van der Waals surface area contributed by atoms with Crippen molar-refractivity contribution in [2.24, 2.45) is 0 Å². The molecule has 0 aromatic heterocycles. The number of hydrogen-bond acceptors (Lipinski definition) is 6. The molecule has 2 aromatic carbocycles. The Morgan fingerprint density at radius 1 is 1.08 bits per heavy atom. The van der Waals surface area contributed by atoms with Gasteiger partial charge in [-0.05, 0) is 31.2 Å². The van der Waals surface area contributed by atoms with Crippen molar-refractivity contribution < 1.29 is 27.8 Å². The number of benzene rings is 2. The summed E-state index contributed by atoms with van der Waals surface area (Å²) in [5.74, 6) is -0.514. The fourth-order valence-corrected chi connectivity index (χ4v) is 4.69. The highest BCUT2D eigenvalue weighted by Gasteiger charge is 2.48. The molecule has 2 heterocycles. The SMILES string of the molecule is Cc1ccc(S(=O)(=O)c2c(O)ccc3c2[C@@H]2OC(=O)C[C@@H]2O3)cc1. The summed E-state index contributed by atoms with van der Waals surface area (Å²) in [6, 6.07) is 9.10. The quantitative estimate of drug-likeness (QED) is 0.839. The molecule has 2 atom stereocenters. The normalized spacial score (nSPS) is 21.8. The van der Waals surface area contributed by atoms with Gasteiger partial charge in [0, 0.05) is 0 Å². The average molecular weight is 346 g/mol. The Bertz CT molecular complexity index is 946. The van der Waals surface area contributed by atoms with Crippen molar-refractivity contribution in [2.45, 2.75) is 35.3 Å². The number of ether oxygens (including phenoxy) is 2. The molecule has 0 spiro atoms. The first-order valence-corrected chi connectivity index (χ1v) is 8.90. The lowest BCUT2D eigenvalue weighted by Gasteiger charge is -2.14. The monoisotopic (exact) mass is 346 g/mol. The Kier molecular flexibility index (Phi) is 3.11. The number of hydrogen-bond donors (Lipinski definition) is 1. The van der Waals surface area contributed by atoms with Gasteiger partial charge in [0.15, 0.2) is 12.2 Å². The molecule has 0 aliphatic carbocycles. The fraction of sp³-hybridized carbons (Fsp3) is 0.235. The first kappa shape index (κ1) is 15.0. The maximum absolute atomic E-state index is 13.0. The number of fused-ring (bicyclic) bond motifs is 3. The predicted molar refractivity (Wildman–Crippen MR) is 82.6 cm³/mol. The highest BCUT2D eigenvalue weighted by atomic mass is 32.2. The number of aromatic hydroxyl groups is 1. The summed E-state index contributed by atoms with van der Waals surface area (Å²) in [6.07, 6.45) is -1.31. The van der Waals surface area contributed by atoms with Crippen LogP contribution in [0.4, 0.5) is 0 Å². The molecule has 0 unspecified atom stereocenters. The average Bonchev–Trinajstić information content (AvgIpc) is 3.03. The molecule has 4 rings (SSSR count). The third-order valence-electron chi connectivity index (χ3n) is 4.26. The third kappa shape index (κ3) is 2.08. The summed E-state index contributed by atoms with van der Waals surface area (Å²) in [4.78, 5) is 11.3. The van der Waals surface area contributed by atoms with Crippen LogP contribution < -0.4 is 4.74 Å². The minimum Gasteiger partial charge on any atom is -0.507 e. The molecule has 0 amide bonds. The zero-order valence-corrected chi connectivity index (χ0v) is 13.5. The first-order valence-electron chi connectivity index (χ1n) is 7.41. The van der Waals surface area contributed by atoms with Crippen LogP contribution in [0, 0.1) is 6.92 Å². The van der Waals surface area contributed by atoms with Crippen molar-refractivity contribution in [3.05, 3.63) is 47.5 Å². The van der Waals surface area contributed by atoms with E-state index in [1.807, 2.05) is 6.92 Å². The minimum absolute atomic E-state index is 0.0597. The number of carbonyl (C=O) groups is 1. The highest BCUT2D eigenvalue weighted by molar-refractivity contribution is 7.91. The number of esters is 1. The summed E-state index contributed by atoms with van der Waals surface area (Å²) in [5, 5.41) is 10.2. The van der Waals surface area contributed by atoms with Gasteiger partial charge in [0.05, 0.1) is 16.9 Å². The molecule has 0 bridgehead atoms. The van der Waals surface area contributed by atoms with Crippen LogP contribution in [0.15, 0.2) is 46.2 Å². The molecule has 0 radical (unpaired) electrons.